The number of nitro groups is 1. The number of nitrogens with zero attached hydrogens (tertiary/aromatic N) is 1. The molecule has 3 atom stereocenters. The highest BCUT2D eigenvalue weighted by Crippen LogP contribution is 2.27. The van der Waals surface area contributed by atoms with Crippen molar-refractivity contribution in [1.29, 1.82) is 0 Å². The fraction of sp³-hybridized carbons (Fsp3) is 0.900. The predicted molar refractivity (Wildman–Crippen MR) is 61.8 cm³/mol. The summed E-state index contributed by atoms with van der Waals surface area (Å²) in [4.78, 5) is 21.2. The molecular formula is C10H18NO4S-. The summed E-state index contributed by atoms with van der Waals surface area (Å²) in [5, 5.41) is 20.6. The lowest BCUT2D eigenvalue weighted by molar-refractivity contribution is -0.522. The van der Waals surface area contributed by atoms with Crippen molar-refractivity contribution < 1.29 is 14.8 Å². The van der Waals surface area contributed by atoms with Crippen molar-refractivity contribution in [2.24, 2.45) is 0 Å². The molecule has 0 fully saturated rings. The van der Waals surface area contributed by atoms with Gasteiger partial charge in [0.25, 0.3) is 0 Å². The van der Waals surface area contributed by atoms with Gasteiger partial charge in [0.15, 0.2) is 0 Å². The quantitative estimate of drug-likeness (QED) is 0.474. The third-order valence-corrected chi connectivity index (χ3v) is 4.34. The highest BCUT2D eigenvalue weighted by molar-refractivity contribution is 8.01. The highest BCUT2D eigenvalue weighted by atomic mass is 32.2. The average molecular weight is 248 g/mol. The van der Waals surface area contributed by atoms with Crippen LogP contribution in [0.15, 0.2) is 0 Å². The third kappa shape index (κ3) is 4.38. The molecule has 0 rings (SSSR count). The first-order valence-electron chi connectivity index (χ1n) is 5.47. The van der Waals surface area contributed by atoms with Crippen LogP contribution in [0.5, 0.6) is 0 Å². The number of aliphatic carboxylic acids is 1. The van der Waals surface area contributed by atoms with E-state index in [0.717, 1.165) is 11.8 Å². The van der Waals surface area contributed by atoms with Crippen LogP contribution in [0.25, 0.3) is 0 Å². The monoisotopic (exact) mass is 248 g/mol. The van der Waals surface area contributed by atoms with Crippen LogP contribution in [-0.2, 0) is 4.79 Å². The summed E-state index contributed by atoms with van der Waals surface area (Å²) in [5.74, 6) is -1.14. The maximum atomic E-state index is 10.8. The second-order valence-corrected chi connectivity index (χ2v) is 5.01. The lowest BCUT2D eigenvalue weighted by atomic mass is 10.1. The third-order valence-electron chi connectivity index (χ3n) is 2.49. The Hall–Kier alpha value is -0.780. The molecule has 6 heteroatoms. The Bertz CT molecular complexity index is 247. The van der Waals surface area contributed by atoms with E-state index in [1.165, 1.54) is 0 Å². The van der Waals surface area contributed by atoms with E-state index < -0.39 is 17.3 Å². The number of carbonyl (C=O) groups excluding carboxylic acids is 1. The number of hydrogen-bond acceptors (Lipinski definition) is 5. The Balaban J connectivity index is 4.59. The van der Waals surface area contributed by atoms with Crippen molar-refractivity contribution in [3.05, 3.63) is 10.1 Å². The zero-order valence-electron chi connectivity index (χ0n) is 9.84. The molecular weight excluding hydrogens is 230 g/mol. The van der Waals surface area contributed by atoms with Gasteiger partial charge in [-0.1, -0.05) is 20.8 Å². The Morgan fingerprint density at radius 3 is 2.06 bits per heavy atom. The van der Waals surface area contributed by atoms with Gasteiger partial charge in [0.2, 0.25) is 6.04 Å². The summed E-state index contributed by atoms with van der Waals surface area (Å²) in [6, 6.07) is -0.677. The molecule has 5 nitrogen and oxygen atoms in total. The zero-order valence-corrected chi connectivity index (χ0v) is 10.7. The molecule has 0 radical (unpaired) electrons. The first kappa shape index (κ1) is 15.2. The lowest BCUT2D eigenvalue weighted by Gasteiger charge is -2.23. The molecule has 0 aromatic rings. The van der Waals surface area contributed by atoms with Crippen molar-refractivity contribution in [1.82, 2.24) is 0 Å². The minimum Gasteiger partial charge on any atom is -0.549 e. The van der Waals surface area contributed by atoms with E-state index in [9.17, 15) is 20.0 Å². The Kier molecular flexibility index (Phi) is 7.12. The van der Waals surface area contributed by atoms with E-state index >= 15 is 0 Å². The molecule has 0 amide bonds. The van der Waals surface area contributed by atoms with Crippen molar-refractivity contribution >= 4 is 17.7 Å². The van der Waals surface area contributed by atoms with E-state index in [4.69, 9.17) is 0 Å². The maximum absolute atomic E-state index is 10.8. The van der Waals surface area contributed by atoms with Crippen molar-refractivity contribution in [2.75, 3.05) is 0 Å². The first-order chi connectivity index (χ1) is 7.47. The fourth-order valence-electron chi connectivity index (χ4n) is 1.54. The standard InChI is InChI=1S/C10H19NO4S/c1-4-7(11(14)15)8(5-2)16-9(6-3)10(12)13/h7-9H,4-6H2,1-3H3,(H,12,13)/p-1. The maximum Gasteiger partial charge on any atom is 0.224 e. The molecule has 0 heterocycles. The van der Waals surface area contributed by atoms with Crippen LogP contribution in [-0.4, -0.2) is 27.4 Å². The van der Waals surface area contributed by atoms with E-state index in [1.54, 1.807) is 13.8 Å². The van der Waals surface area contributed by atoms with Gasteiger partial charge in [0, 0.05) is 16.6 Å². The lowest BCUT2D eigenvalue weighted by Crippen LogP contribution is -2.38. The van der Waals surface area contributed by atoms with E-state index in [2.05, 4.69) is 0 Å². The molecule has 0 N–H and O–H groups in total. The molecule has 16 heavy (non-hydrogen) atoms. The first-order valence-corrected chi connectivity index (χ1v) is 6.41. The van der Waals surface area contributed by atoms with Crippen LogP contribution in [0.1, 0.15) is 40.0 Å². The van der Waals surface area contributed by atoms with Gasteiger partial charge in [-0.25, -0.2) is 0 Å². The van der Waals surface area contributed by atoms with Gasteiger partial charge in [0.05, 0.1) is 11.2 Å². The molecule has 94 valence electrons. The van der Waals surface area contributed by atoms with Gasteiger partial charge in [-0.2, -0.15) is 0 Å². The normalized spacial score (nSPS) is 16.4. The number of hydrogen-bond donors (Lipinski definition) is 0. The zero-order chi connectivity index (χ0) is 12.7. The number of rotatable bonds is 8. The molecule has 0 aliphatic rings. The number of carboxylic acids is 1. The fourth-order valence-corrected chi connectivity index (χ4v) is 2.93. The van der Waals surface area contributed by atoms with Crippen LogP contribution in [0.3, 0.4) is 0 Å². The summed E-state index contributed by atoms with van der Waals surface area (Å²) >= 11 is 1.16. The minimum atomic E-state index is -1.14. The molecule has 0 spiro atoms. The number of carbonyl (C=O) groups is 1. The number of thioether (sulfide) groups is 1. The van der Waals surface area contributed by atoms with Crippen LogP contribution in [0.4, 0.5) is 0 Å². The summed E-state index contributed by atoms with van der Waals surface area (Å²) in [5.41, 5.74) is 0. The molecule has 0 aliphatic carbocycles. The minimum absolute atomic E-state index is 0.261. The van der Waals surface area contributed by atoms with Crippen molar-refractivity contribution in [3.8, 4) is 0 Å². The topological polar surface area (TPSA) is 83.3 Å². The van der Waals surface area contributed by atoms with Gasteiger partial charge >= 0.3 is 0 Å². The summed E-state index contributed by atoms with van der Waals surface area (Å²) in [7, 11) is 0. The summed E-state index contributed by atoms with van der Waals surface area (Å²) in [6.07, 6.45) is 1.44. The smallest absolute Gasteiger partial charge is 0.224 e. The van der Waals surface area contributed by atoms with Crippen molar-refractivity contribution in [2.45, 2.75) is 56.6 Å². The van der Waals surface area contributed by atoms with E-state index in [0.29, 0.717) is 19.3 Å². The molecule has 0 bridgehead atoms. The summed E-state index contributed by atoms with van der Waals surface area (Å²) in [6.45, 7) is 5.33. The molecule has 0 aliphatic heterocycles. The van der Waals surface area contributed by atoms with Crippen LogP contribution < -0.4 is 5.11 Å². The largest absolute Gasteiger partial charge is 0.549 e. The Labute approximate surface area is 99.8 Å². The van der Waals surface area contributed by atoms with Gasteiger partial charge < -0.3 is 9.90 Å². The van der Waals surface area contributed by atoms with Crippen LogP contribution in [0, 0.1) is 10.1 Å². The molecule has 0 aromatic heterocycles. The summed E-state index contributed by atoms with van der Waals surface area (Å²) < 4.78 is 0. The average Bonchev–Trinajstić information content (AvgIpc) is 2.22. The van der Waals surface area contributed by atoms with E-state index in [1.807, 2.05) is 6.92 Å². The molecule has 0 aromatic carbocycles. The Morgan fingerprint density at radius 2 is 1.81 bits per heavy atom. The van der Waals surface area contributed by atoms with E-state index in [-0.39, 0.29) is 10.2 Å². The van der Waals surface area contributed by atoms with Crippen LogP contribution >= 0.6 is 11.8 Å². The molecule has 0 saturated carbocycles. The van der Waals surface area contributed by atoms with Gasteiger partial charge in [0.1, 0.15) is 0 Å². The second kappa shape index (κ2) is 7.49. The predicted octanol–water partition coefficient (Wildman–Crippen LogP) is 1.08. The molecule has 3 unspecified atom stereocenters. The van der Waals surface area contributed by atoms with Gasteiger partial charge in [-0.15, -0.1) is 11.8 Å². The van der Waals surface area contributed by atoms with Gasteiger partial charge in [-0.3, -0.25) is 10.1 Å². The SMILES string of the molecule is CCC(SC(CC)C(CC)[N+](=O)[O-])C(=O)[O-]. The Morgan fingerprint density at radius 1 is 1.25 bits per heavy atom. The molecule has 0 saturated heterocycles. The number of carboxylic acid groups (broad SMARTS) is 1. The van der Waals surface area contributed by atoms with Gasteiger partial charge in [-0.05, 0) is 12.8 Å². The highest BCUT2D eigenvalue weighted by Gasteiger charge is 2.30. The second-order valence-electron chi connectivity index (χ2n) is 3.56. The van der Waals surface area contributed by atoms with Crippen molar-refractivity contribution in [3.63, 3.8) is 0 Å². The van der Waals surface area contributed by atoms with Crippen LogP contribution in [0.2, 0.25) is 0 Å².